The number of hydrogen-bond acceptors (Lipinski definition) is 24. The predicted molar refractivity (Wildman–Crippen MR) is 392 cm³/mol. The van der Waals surface area contributed by atoms with Crippen LogP contribution in [0.1, 0.15) is 103 Å². The molecule has 0 saturated heterocycles. The van der Waals surface area contributed by atoms with Gasteiger partial charge in [0, 0.05) is 83.8 Å². The number of nitrogens with two attached hydrogens (primary N) is 3. The highest BCUT2D eigenvalue weighted by Gasteiger charge is 2.16. The summed E-state index contributed by atoms with van der Waals surface area (Å²) in [5, 5.41) is 138. The van der Waals surface area contributed by atoms with Gasteiger partial charge in [-0.15, -0.1) is 0 Å². The van der Waals surface area contributed by atoms with Gasteiger partial charge in [-0.25, -0.2) is 0 Å². The molecule has 11 rings (SSSR count). The number of aromatic nitrogens is 3. The predicted octanol–water partition coefficient (Wildman–Crippen LogP) is 10.1. The standard InChI is InChI=1S/C10H13NO4.C10H9NO3.C10H13NO3.C10H9NO2.C10H13NO2.C10H12O2.C9H10O4.C8H7NO2/c1-5(12)7(11)2-6-3-9(14)10(15)4-8(6)13;1-5(12)7-2-6-3-9(13)10(14)4-8(6)11-7;1-6(12)8(11)4-7-2-3-9(13)10(14)5-7;1-6(12)10-5-7-4-8(13)2-3-9(7)11-10;1-7(12)10(11)6-8-2-4-9(13)5-3-8;1-8(11)2-3-9-4-6-10(12)7-5-9;10-7-3-1-6(5-8(7)11)2-4-9(12)13;10-7-3-5-1-2-9-6(5)4-8(7)11/h3-4,7,13-15H,2,11H2,1H3;2-4,11,13-14H,1H3;2-3,5,8,13-14H,4,11H2,1H3;2-5,11,13H,1H3;2-5,10,13H,6,11H2,1H3;4-7,12H,2-3H2,1H3;1,3,5,10-11H,2,4H2,(H,12,13);1-4,9-11H/t;;8-;;10-;;;/m..0.0.../s1. The van der Waals surface area contributed by atoms with Gasteiger partial charge in [0.2, 0.25) is 0 Å². The summed E-state index contributed by atoms with van der Waals surface area (Å²) in [5.41, 5.74) is 23.8. The van der Waals surface area contributed by atoms with Crippen LogP contribution in [0.2, 0.25) is 0 Å². The number of rotatable bonds is 17. The monoisotopic (exact) mass is 1450 g/mol. The van der Waals surface area contributed by atoms with E-state index in [9.17, 15) is 64.2 Å². The average Bonchev–Trinajstić information content (AvgIpc) is 1.66. The minimum atomic E-state index is -0.882. The summed E-state index contributed by atoms with van der Waals surface area (Å²) >= 11 is 0. The molecule has 11 aromatic rings. The number of aryl methyl sites for hydroxylation is 2. The van der Waals surface area contributed by atoms with Gasteiger partial charge in [0.1, 0.15) is 46.1 Å². The Hall–Kier alpha value is -13.1. The number of fused-ring (bicyclic) bond motifs is 3. The summed E-state index contributed by atoms with van der Waals surface area (Å²) in [7, 11) is 0. The first-order valence-corrected chi connectivity index (χ1v) is 32.0. The van der Waals surface area contributed by atoms with Crippen molar-refractivity contribution in [2.75, 3.05) is 0 Å². The molecule has 1 unspecified atom stereocenters. The summed E-state index contributed by atoms with van der Waals surface area (Å²) in [5.74, 6) is -2.71. The van der Waals surface area contributed by atoms with Crippen molar-refractivity contribution in [3.63, 3.8) is 0 Å². The van der Waals surface area contributed by atoms with Crippen molar-refractivity contribution < 1.29 is 110 Å². The van der Waals surface area contributed by atoms with Gasteiger partial charge >= 0.3 is 5.97 Å². The molecular formula is C77H86N6O22. The summed E-state index contributed by atoms with van der Waals surface area (Å²) in [4.78, 5) is 84.2. The number of aromatic amines is 3. The fourth-order valence-electron chi connectivity index (χ4n) is 8.97. The maximum absolute atomic E-state index is 11.0. The summed E-state index contributed by atoms with van der Waals surface area (Å²) in [6, 6.07) is 38.7. The molecule has 24 N–H and O–H groups in total. The number of phenolic OH excluding ortho intramolecular Hbond substituents is 14. The molecule has 0 bridgehead atoms. The fourth-order valence-corrected chi connectivity index (χ4v) is 8.97. The Morgan fingerprint density at radius 3 is 1.22 bits per heavy atom. The lowest BCUT2D eigenvalue weighted by Gasteiger charge is -2.10. The smallest absolute Gasteiger partial charge is 0.303 e. The summed E-state index contributed by atoms with van der Waals surface area (Å²) < 4.78 is 0. The van der Waals surface area contributed by atoms with Gasteiger partial charge in [0.05, 0.1) is 29.5 Å². The Kier molecular flexibility index (Phi) is 32.5. The molecule has 28 nitrogen and oxygen atoms in total. The zero-order valence-corrected chi connectivity index (χ0v) is 58.1. The maximum atomic E-state index is 11.0. The molecule has 8 aromatic carbocycles. The van der Waals surface area contributed by atoms with Gasteiger partial charge in [-0.05, 0) is 191 Å². The van der Waals surface area contributed by atoms with E-state index in [2.05, 4.69) is 15.0 Å². The third kappa shape index (κ3) is 28.8. The van der Waals surface area contributed by atoms with Crippen molar-refractivity contribution in [1.29, 1.82) is 0 Å². The number of aromatic hydroxyl groups is 14. The van der Waals surface area contributed by atoms with Crippen LogP contribution in [0.25, 0.3) is 32.7 Å². The lowest BCUT2D eigenvalue weighted by Crippen LogP contribution is -2.30. The molecule has 0 saturated carbocycles. The van der Waals surface area contributed by atoms with E-state index in [0.717, 1.165) is 51.0 Å². The van der Waals surface area contributed by atoms with Crippen LogP contribution < -0.4 is 17.2 Å². The van der Waals surface area contributed by atoms with E-state index < -0.39 is 29.8 Å². The molecule has 0 aliphatic rings. The number of carbonyl (C=O) groups is 7. The van der Waals surface area contributed by atoms with Crippen LogP contribution in [0.3, 0.4) is 0 Å². The normalized spacial score (nSPS) is 11.1. The zero-order valence-electron chi connectivity index (χ0n) is 58.1. The van der Waals surface area contributed by atoms with E-state index in [0.29, 0.717) is 59.1 Å². The van der Waals surface area contributed by atoms with Crippen LogP contribution >= 0.6 is 0 Å². The first-order valence-electron chi connectivity index (χ1n) is 32.0. The first-order chi connectivity index (χ1) is 49.3. The van der Waals surface area contributed by atoms with Crippen LogP contribution in [0, 0.1) is 0 Å². The number of ketones is 6. The Morgan fingerprint density at radius 2 is 0.724 bits per heavy atom. The van der Waals surface area contributed by atoms with E-state index in [4.69, 9.17) is 63.2 Å². The summed E-state index contributed by atoms with van der Waals surface area (Å²) in [6.45, 7) is 8.79. The van der Waals surface area contributed by atoms with Crippen LogP contribution in [-0.4, -0.2) is 150 Å². The third-order valence-electron chi connectivity index (χ3n) is 15.2. The van der Waals surface area contributed by atoms with Crippen molar-refractivity contribution >= 4 is 73.4 Å². The highest BCUT2D eigenvalue weighted by atomic mass is 16.4. The molecule has 0 fully saturated rings. The molecule has 0 radical (unpaired) electrons. The van der Waals surface area contributed by atoms with Crippen LogP contribution in [0.15, 0.2) is 164 Å². The van der Waals surface area contributed by atoms with E-state index in [1.165, 1.54) is 89.2 Å². The van der Waals surface area contributed by atoms with Crippen molar-refractivity contribution in [2.45, 2.75) is 105 Å². The average molecular weight is 1450 g/mol. The second-order valence-electron chi connectivity index (χ2n) is 23.9. The van der Waals surface area contributed by atoms with E-state index >= 15 is 0 Å². The molecule has 3 aromatic heterocycles. The Balaban J connectivity index is 0.000000254. The van der Waals surface area contributed by atoms with Crippen molar-refractivity contribution in [1.82, 2.24) is 15.0 Å². The molecule has 0 spiro atoms. The number of carboxylic acid groups (broad SMARTS) is 1. The molecule has 3 atom stereocenters. The molecule has 105 heavy (non-hydrogen) atoms. The Bertz CT molecular complexity index is 4700. The van der Waals surface area contributed by atoms with Gasteiger partial charge in [0.15, 0.2) is 69.1 Å². The topological polar surface area (TPSA) is 548 Å². The molecule has 28 heteroatoms. The molecule has 556 valence electrons. The highest BCUT2D eigenvalue weighted by molar-refractivity contribution is 5.99. The van der Waals surface area contributed by atoms with Crippen LogP contribution in [-0.2, 0) is 56.1 Å². The molecule has 0 aliphatic carbocycles. The Morgan fingerprint density at radius 1 is 0.333 bits per heavy atom. The van der Waals surface area contributed by atoms with Gasteiger partial charge in [-0.2, -0.15) is 0 Å². The molecular weight excluding hydrogens is 1360 g/mol. The van der Waals surface area contributed by atoms with Crippen LogP contribution in [0.4, 0.5) is 0 Å². The van der Waals surface area contributed by atoms with Crippen molar-refractivity contribution in [3.05, 3.63) is 203 Å². The SMILES string of the molecule is CC(=O)C(N)Cc1cc(O)c(O)cc1O.CC(=O)CCc1ccc(O)cc1.CC(=O)[C@@H](N)Cc1ccc(O)c(O)c1.CC(=O)[C@@H](N)Cc1ccc(O)cc1.CC(=O)c1cc2cc(O)c(O)cc2[nH]1.CC(=O)c1cc2cc(O)ccc2[nH]1.O=C(O)CCc1ccc(O)c(O)c1.Oc1cc2cc[nH]c2cc1O. The molecule has 3 heterocycles. The van der Waals surface area contributed by atoms with E-state index in [1.54, 1.807) is 92.0 Å². The lowest BCUT2D eigenvalue weighted by atomic mass is 10.0. The molecule has 0 aliphatic heterocycles. The number of hydrogen-bond donors (Lipinski definition) is 21. The van der Waals surface area contributed by atoms with Gasteiger partial charge in [-0.1, -0.05) is 36.4 Å². The lowest BCUT2D eigenvalue weighted by molar-refractivity contribution is -0.137. The van der Waals surface area contributed by atoms with Gasteiger partial charge in [0.25, 0.3) is 0 Å². The maximum Gasteiger partial charge on any atom is 0.303 e. The van der Waals surface area contributed by atoms with E-state index in [1.807, 2.05) is 18.2 Å². The number of nitrogens with one attached hydrogen (secondary N) is 3. The number of H-pyrrole nitrogens is 3. The first kappa shape index (κ1) is 84.4. The third-order valence-corrected chi connectivity index (χ3v) is 15.2. The minimum Gasteiger partial charge on any atom is -0.508 e. The molecule has 0 amide bonds. The Labute approximate surface area is 601 Å². The van der Waals surface area contributed by atoms with Gasteiger partial charge < -0.3 is 114 Å². The quantitative estimate of drug-likeness (QED) is 0.0229. The highest BCUT2D eigenvalue weighted by Crippen LogP contribution is 2.34. The second-order valence-corrected chi connectivity index (χ2v) is 23.9. The number of carbonyl (C=O) groups excluding carboxylic acids is 6. The number of Topliss-reactive ketones (excluding diaryl/α,β-unsaturated/α-hetero) is 6. The zero-order chi connectivity index (χ0) is 78.5. The largest absolute Gasteiger partial charge is 0.508 e. The number of benzene rings is 8. The fraction of sp³-hybridized carbons (Fsp3) is 0.208. The summed E-state index contributed by atoms with van der Waals surface area (Å²) in [6.07, 6.45) is 4.46. The number of phenols is 14. The number of carboxylic acids is 1. The van der Waals surface area contributed by atoms with Crippen molar-refractivity contribution in [3.8, 4) is 80.5 Å². The van der Waals surface area contributed by atoms with E-state index in [-0.39, 0.29) is 122 Å². The second kappa shape index (κ2) is 40.4. The van der Waals surface area contributed by atoms with Crippen molar-refractivity contribution in [2.24, 2.45) is 17.2 Å². The van der Waals surface area contributed by atoms with Gasteiger partial charge in [-0.3, -0.25) is 28.8 Å². The van der Waals surface area contributed by atoms with Crippen LogP contribution in [0.5, 0.6) is 80.5 Å². The minimum absolute atomic E-state index is 0.00399. The number of aliphatic carboxylic acids is 1.